The minimum atomic E-state index is -0.0269. The minimum Gasteiger partial charge on any atom is -0.507 e. The molecule has 0 spiro atoms. The summed E-state index contributed by atoms with van der Waals surface area (Å²) in [6.45, 7) is 13.1. The van der Waals surface area contributed by atoms with Gasteiger partial charge in [-0.2, -0.15) is 0 Å². The number of phenolic OH excluding ortho intramolecular Hbond substituents is 1. The topological polar surface area (TPSA) is 45.5 Å². The minimum absolute atomic E-state index is 0.00439. The highest BCUT2D eigenvalue weighted by Crippen LogP contribution is 2.37. The zero-order valence-electron chi connectivity index (χ0n) is 14.9. The molecule has 2 aromatic rings. The molecule has 0 fully saturated rings. The highest BCUT2D eigenvalue weighted by molar-refractivity contribution is 5.86. The van der Waals surface area contributed by atoms with E-state index in [-0.39, 0.29) is 16.6 Å². The number of aromatic hydroxyl groups is 1. The van der Waals surface area contributed by atoms with Gasteiger partial charge in [0.2, 0.25) is 0 Å². The van der Waals surface area contributed by atoms with Crippen LogP contribution in [0.3, 0.4) is 0 Å². The van der Waals surface area contributed by atoms with Gasteiger partial charge in [0.05, 0.1) is 5.69 Å². The van der Waals surface area contributed by atoms with Gasteiger partial charge in [0.1, 0.15) is 5.75 Å². The Morgan fingerprint density at radius 1 is 0.913 bits per heavy atom. The second kappa shape index (κ2) is 6.15. The van der Waals surface area contributed by atoms with Crippen molar-refractivity contribution in [2.24, 2.45) is 4.99 Å². The van der Waals surface area contributed by atoms with Crippen LogP contribution in [-0.4, -0.2) is 16.3 Å². The number of hydrogen-bond acceptors (Lipinski definition) is 3. The van der Waals surface area contributed by atoms with Gasteiger partial charge in [-0.05, 0) is 46.2 Å². The predicted molar refractivity (Wildman–Crippen MR) is 97.0 cm³/mol. The van der Waals surface area contributed by atoms with Gasteiger partial charge in [0.25, 0.3) is 0 Å². The SMILES string of the molecule is CC(C)(C)c1cc(O)c(C=Nc2ccncc2)cc1C(C)(C)C. The van der Waals surface area contributed by atoms with Gasteiger partial charge in [-0.25, -0.2) is 0 Å². The van der Waals surface area contributed by atoms with Crippen molar-refractivity contribution in [2.45, 2.75) is 52.4 Å². The number of phenols is 1. The standard InChI is InChI=1S/C20H26N2O/c1-19(2,3)16-11-14(13-22-15-7-9-21-10-8-15)18(23)12-17(16)20(4,5)6/h7-13,23H,1-6H3. The molecule has 1 heterocycles. The fraction of sp³-hybridized carbons (Fsp3) is 0.400. The summed E-state index contributed by atoms with van der Waals surface area (Å²) in [5.74, 6) is 0.265. The van der Waals surface area contributed by atoms with Gasteiger partial charge in [-0.15, -0.1) is 0 Å². The first-order valence-electron chi connectivity index (χ1n) is 7.91. The lowest BCUT2D eigenvalue weighted by Gasteiger charge is -2.30. The third kappa shape index (κ3) is 4.19. The van der Waals surface area contributed by atoms with Crippen molar-refractivity contribution in [1.29, 1.82) is 0 Å². The maximum Gasteiger partial charge on any atom is 0.124 e. The van der Waals surface area contributed by atoms with Crippen molar-refractivity contribution in [1.82, 2.24) is 4.98 Å². The number of rotatable bonds is 2. The Bertz CT molecular complexity index is 705. The normalized spacial score (nSPS) is 12.8. The van der Waals surface area contributed by atoms with E-state index in [1.807, 2.05) is 18.2 Å². The van der Waals surface area contributed by atoms with E-state index in [0.29, 0.717) is 0 Å². The van der Waals surface area contributed by atoms with E-state index in [0.717, 1.165) is 11.3 Å². The van der Waals surface area contributed by atoms with Gasteiger partial charge in [0, 0.05) is 24.2 Å². The van der Waals surface area contributed by atoms with Crippen molar-refractivity contribution in [2.75, 3.05) is 0 Å². The predicted octanol–water partition coefficient (Wildman–Crippen LogP) is 5.13. The maximum absolute atomic E-state index is 10.4. The third-order valence-electron chi connectivity index (χ3n) is 3.80. The summed E-state index contributed by atoms with van der Waals surface area (Å²) >= 11 is 0. The van der Waals surface area contributed by atoms with Crippen molar-refractivity contribution in [3.8, 4) is 5.75 Å². The Balaban J connectivity index is 2.52. The van der Waals surface area contributed by atoms with Crippen LogP contribution in [0, 0.1) is 0 Å². The van der Waals surface area contributed by atoms with Crippen molar-refractivity contribution in [3.63, 3.8) is 0 Å². The van der Waals surface area contributed by atoms with Crippen LogP contribution >= 0.6 is 0 Å². The van der Waals surface area contributed by atoms with Gasteiger partial charge >= 0.3 is 0 Å². The lowest BCUT2D eigenvalue weighted by Crippen LogP contribution is -2.22. The van der Waals surface area contributed by atoms with E-state index in [9.17, 15) is 5.11 Å². The molecule has 0 aliphatic carbocycles. The Morgan fingerprint density at radius 2 is 1.43 bits per heavy atom. The monoisotopic (exact) mass is 310 g/mol. The molecule has 3 heteroatoms. The fourth-order valence-electron chi connectivity index (χ4n) is 2.52. The largest absolute Gasteiger partial charge is 0.507 e. The quantitative estimate of drug-likeness (QED) is 0.781. The zero-order valence-corrected chi connectivity index (χ0v) is 14.9. The Morgan fingerprint density at radius 3 is 1.96 bits per heavy atom. The van der Waals surface area contributed by atoms with Crippen LogP contribution in [0.15, 0.2) is 41.7 Å². The first-order valence-corrected chi connectivity index (χ1v) is 7.91. The molecule has 0 radical (unpaired) electrons. The molecule has 122 valence electrons. The smallest absolute Gasteiger partial charge is 0.124 e. The molecule has 0 bridgehead atoms. The molecule has 2 rings (SSSR count). The van der Waals surface area contributed by atoms with Crippen LogP contribution < -0.4 is 0 Å². The summed E-state index contributed by atoms with van der Waals surface area (Å²) < 4.78 is 0. The van der Waals surface area contributed by atoms with E-state index in [1.165, 1.54) is 11.1 Å². The zero-order chi connectivity index (χ0) is 17.3. The summed E-state index contributed by atoms with van der Waals surface area (Å²) in [6, 6.07) is 7.61. The molecular weight excluding hydrogens is 284 g/mol. The number of benzene rings is 1. The van der Waals surface area contributed by atoms with Gasteiger partial charge < -0.3 is 5.11 Å². The lowest BCUT2D eigenvalue weighted by molar-refractivity contribution is 0.465. The highest BCUT2D eigenvalue weighted by Gasteiger charge is 2.26. The Kier molecular flexibility index (Phi) is 4.60. The van der Waals surface area contributed by atoms with Crippen molar-refractivity contribution < 1.29 is 5.11 Å². The highest BCUT2D eigenvalue weighted by atomic mass is 16.3. The molecule has 3 nitrogen and oxygen atoms in total. The molecule has 0 amide bonds. The van der Waals surface area contributed by atoms with Crippen LogP contribution in [0.25, 0.3) is 0 Å². The third-order valence-corrected chi connectivity index (χ3v) is 3.80. The van der Waals surface area contributed by atoms with Crippen LogP contribution in [0.1, 0.15) is 58.2 Å². The van der Waals surface area contributed by atoms with E-state index in [1.54, 1.807) is 18.6 Å². The molecule has 0 aliphatic heterocycles. The fourth-order valence-corrected chi connectivity index (χ4v) is 2.52. The average molecular weight is 310 g/mol. The van der Waals surface area contributed by atoms with Crippen LogP contribution in [0.2, 0.25) is 0 Å². The number of aliphatic imine (C=N–C) groups is 1. The van der Waals surface area contributed by atoms with E-state index in [4.69, 9.17) is 0 Å². The van der Waals surface area contributed by atoms with Gasteiger partial charge in [0.15, 0.2) is 0 Å². The lowest BCUT2D eigenvalue weighted by atomic mass is 9.74. The first kappa shape index (κ1) is 17.2. The first-order chi connectivity index (χ1) is 10.6. The Hall–Kier alpha value is -2.16. The second-order valence-electron chi connectivity index (χ2n) is 7.92. The number of aromatic nitrogens is 1. The summed E-state index contributed by atoms with van der Waals surface area (Å²) in [5.41, 5.74) is 3.93. The molecule has 0 unspecified atom stereocenters. The number of pyridine rings is 1. The summed E-state index contributed by atoms with van der Waals surface area (Å²) in [6.07, 6.45) is 5.12. The molecule has 1 aromatic carbocycles. The maximum atomic E-state index is 10.4. The molecule has 0 saturated carbocycles. The van der Waals surface area contributed by atoms with E-state index in [2.05, 4.69) is 57.6 Å². The van der Waals surface area contributed by atoms with Gasteiger partial charge in [-0.1, -0.05) is 41.5 Å². The van der Waals surface area contributed by atoms with E-state index >= 15 is 0 Å². The number of hydrogen-bond donors (Lipinski definition) is 1. The van der Waals surface area contributed by atoms with Gasteiger partial charge in [-0.3, -0.25) is 9.98 Å². The van der Waals surface area contributed by atoms with Crippen LogP contribution in [0.4, 0.5) is 5.69 Å². The number of nitrogens with zero attached hydrogens (tertiary/aromatic N) is 2. The molecule has 0 saturated heterocycles. The Labute approximate surface area is 139 Å². The van der Waals surface area contributed by atoms with Crippen molar-refractivity contribution >= 4 is 11.9 Å². The molecule has 0 atom stereocenters. The van der Waals surface area contributed by atoms with Crippen LogP contribution in [0.5, 0.6) is 5.75 Å². The van der Waals surface area contributed by atoms with E-state index < -0.39 is 0 Å². The molecule has 23 heavy (non-hydrogen) atoms. The van der Waals surface area contributed by atoms with Crippen LogP contribution in [-0.2, 0) is 10.8 Å². The average Bonchev–Trinajstić information content (AvgIpc) is 2.44. The van der Waals surface area contributed by atoms with Crippen molar-refractivity contribution in [3.05, 3.63) is 53.3 Å². The summed E-state index contributed by atoms with van der Waals surface area (Å²) in [4.78, 5) is 8.41. The second-order valence-corrected chi connectivity index (χ2v) is 7.92. The molecular formula is C20H26N2O. The summed E-state index contributed by atoms with van der Waals surface area (Å²) in [5, 5.41) is 10.4. The molecule has 1 aromatic heterocycles. The molecule has 0 aliphatic rings. The summed E-state index contributed by atoms with van der Waals surface area (Å²) in [7, 11) is 0. The molecule has 1 N–H and O–H groups in total.